The predicted molar refractivity (Wildman–Crippen MR) is 53.1 cm³/mol. The van der Waals surface area contributed by atoms with Gasteiger partial charge in [-0.3, -0.25) is 9.59 Å². The molecule has 0 saturated heterocycles. The molecule has 0 aromatic heterocycles. The van der Waals surface area contributed by atoms with Crippen LogP contribution in [0.15, 0.2) is 12.7 Å². The van der Waals surface area contributed by atoms with Crippen LogP contribution in [0.3, 0.4) is 0 Å². The minimum atomic E-state index is -1.89. The molecule has 0 aromatic carbocycles. The molecule has 80 valence electrons. The van der Waals surface area contributed by atoms with Gasteiger partial charge in [0.25, 0.3) is 0 Å². The van der Waals surface area contributed by atoms with Crippen LogP contribution in [-0.2, 0) is 20.7 Å². The number of ketones is 1. The van der Waals surface area contributed by atoms with Gasteiger partial charge >= 0.3 is 0 Å². The summed E-state index contributed by atoms with van der Waals surface area (Å²) in [6.45, 7) is 3.41. The lowest BCUT2D eigenvalue weighted by atomic mass is 10.2. The summed E-state index contributed by atoms with van der Waals surface area (Å²) >= 11 is -1.89. The van der Waals surface area contributed by atoms with Gasteiger partial charge in [-0.2, -0.15) is 0 Å². The van der Waals surface area contributed by atoms with Crippen LogP contribution in [0.1, 0.15) is 12.8 Å². The summed E-state index contributed by atoms with van der Waals surface area (Å²) in [5, 5.41) is 2.41. The van der Waals surface area contributed by atoms with Gasteiger partial charge in [-0.1, -0.05) is 6.58 Å². The number of allylic oxidation sites excluding steroid dienone is 1. The van der Waals surface area contributed by atoms with Crippen molar-refractivity contribution in [1.82, 2.24) is 5.32 Å². The summed E-state index contributed by atoms with van der Waals surface area (Å²) in [6, 6.07) is 0. The highest BCUT2D eigenvalue weighted by atomic mass is 32.2. The fraction of sp³-hybridized carbons (Fsp3) is 0.500. The molecular weight excluding hydrogens is 206 g/mol. The van der Waals surface area contributed by atoms with Crippen molar-refractivity contribution in [3.05, 3.63) is 12.7 Å². The molecule has 1 amide bonds. The molecule has 0 saturated carbocycles. The molecule has 0 bridgehead atoms. The van der Waals surface area contributed by atoms with Crippen molar-refractivity contribution < 1.29 is 18.4 Å². The lowest BCUT2D eigenvalue weighted by Gasteiger charge is -2.01. The van der Waals surface area contributed by atoms with Crippen LogP contribution in [0.2, 0.25) is 0 Å². The van der Waals surface area contributed by atoms with Gasteiger partial charge in [-0.15, -0.1) is 0 Å². The molecule has 0 fully saturated rings. The standard InChI is InChI=1S/C8H13NO4S/c1-2-7(10)3-4-8(11)9-5-6-14(12)13/h2H,1,3-6H2,(H,9,11)(H,12,13). The zero-order valence-electron chi connectivity index (χ0n) is 7.69. The van der Waals surface area contributed by atoms with E-state index in [-0.39, 0.29) is 36.8 Å². The van der Waals surface area contributed by atoms with Crippen LogP contribution in [0.4, 0.5) is 0 Å². The number of carbonyl (C=O) groups excluding carboxylic acids is 2. The van der Waals surface area contributed by atoms with Crippen molar-refractivity contribution in [2.24, 2.45) is 0 Å². The van der Waals surface area contributed by atoms with E-state index in [0.717, 1.165) is 6.08 Å². The molecule has 0 aromatic rings. The van der Waals surface area contributed by atoms with E-state index in [1.54, 1.807) is 0 Å². The lowest BCUT2D eigenvalue weighted by molar-refractivity contribution is -0.123. The molecule has 2 N–H and O–H groups in total. The number of amides is 1. The first-order chi connectivity index (χ1) is 6.56. The smallest absolute Gasteiger partial charge is 0.220 e. The molecule has 1 atom stereocenters. The van der Waals surface area contributed by atoms with Gasteiger partial charge in [0.15, 0.2) is 16.9 Å². The van der Waals surface area contributed by atoms with Gasteiger partial charge in [0.1, 0.15) is 0 Å². The summed E-state index contributed by atoms with van der Waals surface area (Å²) in [5.74, 6) is -0.488. The Kier molecular flexibility index (Phi) is 6.87. The summed E-state index contributed by atoms with van der Waals surface area (Å²) in [6.07, 6.45) is 1.37. The normalized spacial score (nSPS) is 11.8. The van der Waals surface area contributed by atoms with E-state index in [1.807, 2.05) is 0 Å². The fourth-order valence-electron chi connectivity index (χ4n) is 0.705. The Morgan fingerprint density at radius 1 is 1.43 bits per heavy atom. The second kappa shape index (κ2) is 7.40. The largest absolute Gasteiger partial charge is 0.355 e. The maximum Gasteiger partial charge on any atom is 0.220 e. The molecule has 5 nitrogen and oxygen atoms in total. The maximum absolute atomic E-state index is 11.0. The number of nitrogens with one attached hydrogen (secondary N) is 1. The fourth-order valence-corrected chi connectivity index (χ4v) is 0.982. The van der Waals surface area contributed by atoms with E-state index in [4.69, 9.17) is 4.55 Å². The third-order valence-electron chi connectivity index (χ3n) is 1.42. The van der Waals surface area contributed by atoms with E-state index in [9.17, 15) is 13.8 Å². The van der Waals surface area contributed by atoms with Gasteiger partial charge < -0.3 is 9.87 Å². The Hall–Kier alpha value is -1.01. The van der Waals surface area contributed by atoms with Crippen LogP contribution in [0, 0.1) is 0 Å². The molecule has 6 heteroatoms. The monoisotopic (exact) mass is 219 g/mol. The number of carbonyl (C=O) groups is 2. The van der Waals surface area contributed by atoms with Crippen molar-refractivity contribution in [3.63, 3.8) is 0 Å². The average Bonchev–Trinajstić information content (AvgIpc) is 2.13. The minimum Gasteiger partial charge on any atom is -0.355 e. The molecule has 0 aliphatic carbocycles. The highest BCUT2D eigenvalue weighted by Gasteiger charge is 2.03. The summed E-state index contributed by atoms with van der Waals surface area (Å²) < 4.78 is 18.6. The summed E-state index contributed by atoms with van der Waals surface area (Å²) in [4.78, 5) is 21.7. The van der Waals surface area contributed by atoms with E-state index >= 15 is 0 Å². The van der Waals surface area contributed by atoms with Crippen molar-refractivity contribution in [2.45, 2.75) is 12.8 Å². The molecular formula is C8H13NO4S. The summed E-state index contributed by atoms with van der Waals surface area (Å²) in [7, 11) is 0. The second-order valence-corrected chi connectivity index (χ2v) is 3.60. The van der Waals surface area contributed by atoms with Crippen molar-refractivity contribution in [1.29, 1.82) is 0 Å². The first-order valence-corrected chi connectivity index (χ1v) is 5.33. The average molecular weight is 219 g/mol. The second-order valence-electron chi connectivity index (χ2n) is 2.55. The van der Waals surface area contributed by atoms with Crippen molar-refractivity contribution in [2.75, 3.05) is 12.3 Å². The minimum absolute atomic E-state index is 0.00114. The van der Waals surface area contributed by atoms with Crippen LogP contribution in [-0.4, -0.2) is 32.7 Å². The van der Waals surface area contributed by atoms with Crippen LogP contribution < -0.4 is 5.32 Å². The molecule has 14 heavy (non-hydrogen) atoms. The SMILES string of the molecule is C=CC(=O)CCC(=O)NCCS(=O)O. The third-order valence-corrected chi connectivity index (χ3v) is 1.98. The van der Waals surface area contributed by atoms with Gasteiger partial charge in [0, 0.05) is 19.4 Å². The first-order valence-electron chi connectivity index (χ1n) is 4.05. The zero-order chi connectivity index (χ0) is 11.0. The number of hydrogen-bond acceptors (Lipinski definition) is 3. The van der Waals surface area contributed by atoms with Gasteiger partial charge in [0.05, 0.1) is 5.75 Å². The van der Waals surface area contributed by atoms with E-state index in [0.29, 0.717) is 0 Å². The van der Waals surface area contributed by atoms with Crippen LogP contribution >= 0.6 is 0 Å². The predicted octanol–water partition coefficient (Wildman–Crippen LogP) is -0.140. The highest BCUT2D eigenvalue weighted by molar-refractivity contribution is 7.79. The van der Waals surface area contributed by atoms with Crippen molar-refractivity contribution >= 4 is 22.8 Å². The number of rotatable bonds is 7. The molecule has 0 aliphatic heterocycles. The van der Waals surface area contributed by atoms with E-state index in [2.05, 4.69) is 11.9 Å². The van der Waals surface area contributed by atoms with Gasteiger partial charge in [-0.05, 0) is 6.08 Å². The molecule has 1 unspecified atom stereocenters. The Morgan fingerprint density at radius 2 is 2.07 bits per heavy atom. The third kappa shape index (κ3) is 7.63. The Morgan fingerprint density at radius 3 is 2.57 bits per heavy atom. The number of hydrogen-bond donors (Lipinski definition) is 2. The van der Waals surface area contributed by atoms with E-state index in [1.165, 1.54) is 0 Å². The van der Waals surface area contributed by atoms with Crippen LogP contribution in [0.25, 0.3) is 0 Å². The van der Waals surface area contributed by atoms with Gasteiger partial charge in [-0.25, -0.2) is 4.21 Å². The lowest BCUT2D eigenvalue weighted by Crippen LogP contribution is -2.27. The Bertz CT molecular complexity index is 252. The molecule has 0 rings (SSSR count). The topological polar surface area (TPSA) is 83.5 Å². The van der Waals surface area contributed by atoms with Gasteiger partial charge in [0.2, 0.25) is 5.91 Å². The van der Waals surface area contributed by atoms with Crippen LogP contribution in [0.5, 0.6) is 0 Å². The highest BCUT2D eigenvalue weighted by Crippen LogP contribution is 1.91. The molecule has 0 spiro atoms. The van der Waals surface area contributed by atoms with Crippen molar-refractivity contribution in [3.8, 4) is 0 Å². The Labute approximate surface area is 84.9 Å². The Balaban J connectivity index is 3.51. The molecule has 0 heterocycles. The zero-order valence-corrected chi connectivity index (χ0v) is 8.51. The molecule has 0 radical (unpaired) electrons. The quantitative estimate of drug-likeness (QED) is 0.461. The first kappa shape index (κ1) is 13.0. The molecule has 0 aliphatic rings. The maximum atomic E-state index is 11.0. The summed E-state index contributed by atoms with van der Waals surface area (Å²) in [5.41, 5.74) is 0. The van der Waals surface area contributed by atoms with E-state index < -0.39 is 11.1 Å².